The zero-order valence-electron chi connectivity index (χ0n) is 11.0. The van der Waals surface area contributed by atoms with Crippen LogP contribution in [0.25, 0.3) is 0 Å². The predicted octanol–water partition coefficient (Wildman–Crippen LogP) is 1.79. The lowest BCUT2D eigenvalue weighted by molar-refractivity contribution is -0.384. The highest BCUT2D eigenvalue weighted by molar-refractivity contribution is 5.52. The van der Waals surface area contributed by atoms with Crippen LogP contribution >= 0.6 is 0 Å². The molecule has 1 aliphatic rings. The first-order valence-electron chi connectivity index (χ1n) is 6.37. The standard InChI is InChI=1S/C13H19N3O3/c1-19-7-6-15(11-2-3-11)9-10-8-12(16(17)18)4-5-13(10)14/h4-5,8,11H,2-3,6-7,9,14H2,1H3. The van der Waals surface area contributed by atoms with Gasteiger partial charge in [-0.25, -0.2) is 0 Å². The van der Waals surface area contributed by atoms with E-state index in [9.17, 15) is 10.1 Å². The molecule has 1 aromatic rings. The summed E-state index contributed by atoms with van der Waals surface area (Å²) in [6.45, 7) is 2.12. The van der Waals surface area contributed by atoms with Crippen LogP contribution in [0.1, 0.15) is 18.4 Å². The van der Waals surface area contributed by atoms with Gasteiger partial charge in [0.2, 0.25) is 0 Å². The van der Waals surface area contributed by atoms with E-state index in [0.717, 1.165) is 12.1 Å². The fourth-order valence-electron chi connectivity index (χ4n) is 2.10. The summed E-state index contributed by atoms with van der Waals surface area (Å²) < 4.78 is 5.10. The first-order chi connectivity index (χ1) is 9.11. The number of ether oxygens (including phenoxy) is 1. The maximum absolute atomic E-state index is 10.8. The number of nitro groups is 1. The molecule has 0 aliphatic heterocycles. The molecular weight excluding hydrogens is 246 g/mol. The van der Waals surface area contributed by atoms with Crippen LogP contribution in [0.3, 0.4) is 0 Å². The van der Waals surface area contributed by atoms with Crippen molar-refractivity contribution >= 4 is 11.4 Å². The quantitative estimate of drug-likeness (QED) is 0.461. The molecule has 0 unspecified atom stereocenters. The Balaban J connectivity index is 2.11. The summed E-state index contributed by atoms with van der Waals surface area (Å²) in [5, 5.41) is 10.8. The SMILES string of the molecule is COCCN(Cc1cc([N+](=O)[O-])ccc1N)C1CC1. The van der Waals surface area contributed by atoms with Crippen molar-refractivity contribution in [2.75, 3.05) is 26.0 Å². The number of nitrogens with zero attached hydrogens (tertiary/aromatic N) is 2. The van der Waals surface area contributed by atoms with Gasteiger partial charge in [-0.2, -0.15) is 0 Å². The van der Waals surface area contributed by atoms with E-state index in [1.165, 1.54) is 18.9 Å². The second-order valence-corrected chi connectivity index (χ2v) is 4.83. The molecule has 1 fully saturated rings. The molecule has 0 spiro atoms. The van der Waals surface area contributed by atoms with Gasteiger partial charge in [0, 0.05) is 44.1 Å². The first-order valence-corrected chi connectivity index (χ1v) is 6.37. The van der Waals surface area contributed by atoms with Crippen LogP contribution in [-0.2, 0) is 11.3 Å². The van der Waals surface area contributed by atoms with Gasteiger partial charge >= 0.3 is 0 Å². The molecule has 1 saturated carbocycles. The van der Waals surface area contributed by atoms with E-state index in [2.05, 4.69) is 4.90 Å². The third-order valence-electron chi connectivity index (χ3n) is 3.36. The summed E-state index contributed by atoms with van der Waals surface area (Å²) in [6, 6.07) is 5.18. The van der Waals surface area contributed by atoms with Gasteiger partial charge in [-0.05, 0) is 24.5 Å². The van der Waals surface area contributed by atoms with E-state index < -0.39 is 0 Å². The molecule has 0 aromatic heterocycles. The number of hydrogen-bond donors (Lipinski definition) is 1. The van der Waals surface area contributed by atoms with Gasteiger partial charge in [-0.3, -0.25) is 15.0 Å². The predicted molar refractivity (Wildman–Crippen MR) is 72.8 cm³/mol. The van der Waals surface area contributed by atoms with Gasteiger partial charge < -0.3 is 10.5 Å². The van der Waals surface area contributed by atoms with Crippen molar-refractivity contribution in [1.29, 1.82) is 0 Å². The fourth-order valence-corrected chi connectivity index (χ4v) is 2.10. The average Bonchev–Trinajstić information content (AvgIpc) is 3.20. The number of hydrogen-bond acceptors (Lipinski definition) is 5. The zero-order chi connectivity index (χ0) is 13.8. The summed E-state index contributed by atoms with van der Waals surface area (Å²) >= 11 is 0. The average molecular weight is 265 g/mol. The largest absolute Gasteiger partial charge is 0.398 e. The lowest BCUT2D eigenvalue weighted by atomic mass is 10.1. The summed E-state index contributed by atoms with van der Waals surface area (Å²) in [5.41, 5.74) is 7.42. The van der Waals surface area contributed by atoms with Crippen LogP contribution in [0.15, 0.2) is 18.2 Å². The highest BCUT2D eigenvalue weighted by Gasteiger charge is 2.29. The Hall–Kier alpha value is -1.66. The molecule has 0 atom stereocenters. The topological polar surface area (TPSA) is 81.6 Å². The minimum absolute atomic E-state index is 0.0895. The number of nitrogens with two attached hydrogens (primary N) is 1. The molecule has 6 heteroatoms. The van der Waals surface area contributed by atoms with Gasteiger partial charge in [-0.15, -0.1) is 0 Å². The van der Waals surface area contributed by atoms with E-state index in [4.69, 9.17) is 10.5 Å². The van der Waals surface area contributed by atoms with Crippen molar-refractivity contribution in [1.82, 2.24) is 4.90 Å². The number of nitrogen functional groups attached to an aromatic ring is 1. The van der Waals surface area contributed by atoms with Crippen molar-refractivity contribution < 1.29 is 9.66 Å². The van der Waals surface area contributed by atoms with E-state index in [1.807, 2.05) is 0 Å². The second kappa shape index (κ2) is 5.99. The van der Waals surface area contributed by atoms with Gasteiger partial charge in [0.1, 0.15) is 0 Å². The highest BCUT2D eigenvalue weighted by Crippen LogP contribution is 2.30. The van der Waals surface area contributed by atoms with Crippen LogP contribution in [0.5, 0.6) is 0 Å². The summed E-state index contributed by atoms with van der Waals surface area (Å²) in [5.74, 6) is 0. The molecule has 1 aliphatic carbocycles. The Morgan fingerprint density at radius 3 is 2.84 bits per heavy atom. The van der Waals surface area contributed by atoms with Crippen LogP contribution < -0.4 is 5.73 Å². The minimum atomic E-state index is -0.389. The Morgan fingerprint density at radius 1 is 1.53 bits per heavy atom. The van der Waals surface area contributed by atoms with Crippen LogP contribution in [0.2, 0.25) is 0 Å². The van der Waals surface area contributed by atoms with Gasteiger partial charge in [0.25, 0.3) is 5.69 Å². The number of methoxy groups -OCH3 is 1. The van der Waals surface area contributed by atoms with E-state index in [1.54, 1.807) is 19.2 Å². The fraction of sp³-hybridized carbons (Fsp3) is 0.538. The number of nitro benzene ring substituents is 1. The van der Waals surface area contributed by atoms with Crippen LogP contribution in [0.4, 0.5) is 11.4 Å². The first kappa shape index (κ1) is 13.8. The Labute approximate surface area is 112 Å². The highest BCUT2D eigenvalue weighted by atomic mass is 16.6. The van der Waals surface area contributed by atoms with Crippen LogP contribution in [-0.4, -0.2) is 36.1 Å². The van der Waals surface area contributed by atoms with Crippen molar-refractivity contribution in [3.8, 4) is 0 Å². The van der Waals surface area contributed by atoms with Crippen molar-refractivity contribution in [3.05, 3.63) is 33.9 Å². The zero-order valence-corrected chi connectivity index (χ0v) is 11.0. The molecule has 2 rings (SSSR count). The normalized spacial score (nSPS) is 14.8. The summed E-state index contributed by atoms with van der Waals surface area (Å²) in [6.07, 6.45) is 2.36. The van der Waals surface area contributed by atoms with Gasteiger partial charge in [-0.1, -0.05) is 0 Å². The number of benzene rings is 1. The van der Waals surface area contributed by atoms with Gasteiger partial charge in [0.15, 0.2) is 0 Å². The molecule has 6 nitrogen and oxygen atoms in total. The maximum Gasteiger partial charge on any atom is 0.269 e. The molecular formula is C13H19N3O3. The van der Waals surface area contributed by atoms with Crippen molar-refractivity contribution in [3.63, 3.8) is 0 Å². The third-order valence-corrected chi connectivity index (χ3v) is 3.36. The Kier molecular flexibility index (Phi) is 4.34. The van der Waals surface area contributed by atoms with E-state index in [-0.39, 0.29) is 10.6 Å². The molecule has 0 saturated heterocycles. The number of rotatable bonds is 7. The Morgan fingerprint density at radius 2 is 2.26 bits per heavy atom. The van der Waals surface area contributed by atoms with E-state index in [0.29, 0.717) is 24.9 Å². The summed E-state index contributed by atoms with van der Waals surface area (Å²) in [4.78, 5) is 12.7. The van der Waals surface area contributed by atoms with Crippen molar-refractivity contribution in [2.45, 2.75) is 25.4 Å². The third kappa shape index (κ3) is 3.65. The molecule has 2 N–H and O–H groups in total. The van der Waals surface area contributed by atoms with Gasteiger partial charge in [0.05, 0.1) is 11.5 Å². The molecule has 1 aromatic carbocycles. The minimum Gasteiger partial charge on any atom is -0.398 e. The number of non-ortho nitro benzene ring substituents is 1. The maximum atomic E-state index is 10.8. The molecule has 104 valence electrons. The summed E-state index contributed by atoms with van der Waals surface area (Å²) in [7, 11) is 1.67. The molecule has 0 heterocycles. The lowest BCUT2D eigenvalue weighted by Gasteiger charge is -2.22. The second-order valence-electron chi connectivity index (χ2n) is 4.83. The molecule has 19 heavy (non-hydrogen) atoms. The molecule has 0 amide bonds. The lowest BCUT2D eigenvalue weighted by Crippen LogP contribution is -2.29. The molecule has 0 radical (unpaired) electrons. The van der Waals surface area contributed by atoms with Crippen molar-refractivity contribution in [2.24, 2.45) is 0 Å². The van der Waals surface area contributed by atoms with Crippen LogP contribution in [0, 0.1) is 10.1 Å². The monoisotopic (exact) mass is 265 g/mol. The Bertz CT molecular complexity index is 460. The smallest absolute Gasteiger partial charge is 0.269 e. The molecule has 0 bridgehead atoms. The number of anilines is 1. The van der Waals surface area contributed by atoms with E-state index >= 15 is 0 Å².